The Hall–Kier alpha value is -2.05. The van der Waals surface area contributed by atoms with Crippen LogP contribution in [0.1, 0.15) is 5.56 Å². The molecule has 0 radical (unpaired) electrons. The third-order valence-electron chi connectivity index (χ3n) is 3.30. The van der Waals surface area contributed by atoms with Crippen molar-refractivity contribution >= 4 is 29.2 Å². The van der Waals surface area contributed by atoms with E-state index in [0.717, 1.165) is 5.56 Å². The predicted molar refractivity (Wildman–Crippen MR) is 80.5 cm³/mol. The number of benzene rings is 1. The molecule has 0 aromatic heterocycles. The first kappa shape index (κ1) is 16.3. The summed E-state index contributed by atoms with van der Waals surface area (Å²) in [4.78, 5) is 25.6. The van der Waals surface area contributed by atoms with Gasteiger partial charge in [-0.2, -0.15) is 0 Å². The molecule has 22 heavy (non-hydrogen) atoms. The fraction of sp³-hybridized carbons (Fsp3) is 0.333. The van der Waals surface area contributed by atoms with Gasteiger partial charge in [-0.25, -0.2) is 9.59 Å². The maximum absolute atomic E-state index is 12.2. The van der Waals surface area contributed by atoms with Crippen molar-refractivity contribution in [2.24, 2.45) is 0 Å². The summed E-state index contributed by atoms with van der Waals surface area (Å²) in [5.41, 5.74) is 1.75. The molecular formula is C15H16ClNO5. The molecule has 0 atom stereocenters. The fourth-order valence-corrected chi connectivity index (χ4v) is 2.37. The first-order chi connectivity index (χ1) is 10.5. The molecular weight excluding hydrogens is 310 g/mol. The third kappa shape index (κ3) is 3.08. The molecule has 0 fully saturated rings. The topological polar surface area (TPSA) is 65.1 Å². The van der Waals surface area contributed by atoms with Crippen molar-refractivity contribution < 1.29 is 23.8 Å². The molecule has 118 valence electrons. The lowest BCUT2D eigenvalue weighted by molar-refractivity contribution is -0.140. The minimum atomic E-state index is -0.636. The van der Waals surface area contributed by atoms with Gasteiger partial charge in [-0.3, -0.25) is 0 Å². The molecule has 7 heteroatoms. The first-order valence-corrected chi connectivity index (χ1v) is 6.88. The average Bonchev–Trinajstić information content (AvgIpc) is 2.54. The molecule has 0 N–H and O–H groups in total. The number of anilines is 1. The summed E-state index contributed by atoms with van der Waals surface area (Å²) < 4.78 is 14.9. The minimum Gasteiger partial charge on any atom is -0.466 e. The lowest BCUT2D eigenvalue weighted by Crippen LogP contribution is -2.39. The highest BCUT2D eigenvalue weighted by Gasteiger charge is 2.32. The summed E-state index contributed by atoms with van der Waals surface area (Å²) in [6, 6.07) is 5.26. The van der Waals surface area contributed by atoms with Gasteiger partial charge in [-0.1, -0.05) is 17.7 Å². The number of hydrogen-bond acceptors (Lipinski definition) is 6. The zero-order chi connectivity index (χ0) is 16.3. The Kier molecular flexibility index (Phi) is 5.05. The third-order valence-corrected chi connectivity index (χ3v) is 3.53. The fourth-order valence-electron chi connectivity index (χ4n) is 2.21. The van der Waals surface area contributed by atoms with Crippen molar-refractivity contribution in [2.75, 3.05) is 32.5 Å². The van der Waals surface area contributed by atoms with Gasteiger partial charge in [0.2, 0.25) is 0 Å². The molecule has 0 spiro atoms. The zero-order valence-corrected chi connectivity index (χ0v) is 13.3. The number of rotatable bonds is 3. The quantitative estimate of drug-likeness (QED) is 0.792. The van der Waals surface area contributed by atoms with Crippen molar-refractivity contribution in [2.45, 2.75) is 6.92 Å². The van der Waals surface area contributed by atoms with Crippen LogP contribution in [-0.2, 0) is 23.8 Å². The molecule has 1 heterocycles. The van der Waals surface area contributed by atoms with Crippen molar-refractivity contribution in [3.8, 4) is 0 Å². The summed E-state index contributed by atoms with van der Waals surface area (Å²) in [5, 5.41) is 0.509. The van der Waals surface area contributed by atoms with Crippen molar-refractivity contribution in [3.63, 3.8) is 0 Å². The largest absolute Gasteiger partial charge is 0.466 e. The van der Waals surface area contributed by atoms with E-state index in [1.807, 2.05) is 13.0 Å². The normalized spacial score (nSPS) is 14.8. The van der Waals surface area contributed by atoms with Gasteiger partial charge in [-0.05, 0) is 24.6 Å². The Labute approximate surface area is 133 Å². The van der Waals surface area contributed by atoms with Crippen molar-refractivity contribution in [1.29, 1.82) is 0 Å². The smallest absolute Gasteiger partial charge is 0.355 e. The number of carbonyl (C=O) groups excluding carboxylic acids is 2. The highest BCUT2D eigenvalue weighted by atomic mass is 35.5. The minimum absolute atomic E-state index is 0.0206. The Morgan fingerprint density at radius 1 is 1.23 bits per heavy atom. The summed E-state index contributed by atoms with van der Waals surface area (Å²) in [7, 11) is 2.50. The van der Waals surface area contributed by atoms with Crippen molar-refractivity contribution in [1.82, 2.24) is 0 Å². The van der Waals surface area contributed by atoms with Crippen LogP contribution in [0.3, 0.4) is 0 Å². The summed E-state index contributed by atoms with van der Waals surface area (Å²) in [6.07, 6.45) is 0. The molecule has 1 aliphatic heterocycles. The molecule has 6 nitrogen and oxygen atoms in total. The molecule has 0 aliphatic carbocycles. The van der Waals surface area contributed by atoms with Gasteiger partial charge in [0.15, 0.2) is 0 Å². The standard InChI is InChI=1S/C15H16ClNO5/c1-9-4-5-10(16)6-12(9)17-8-22-7-11(14(18)20-2)13(17)15(19)21-3/h4-6H,7-8H2,1-3H3. The molecule has 1 aromatic carbocycles. The number of methoxy groups -OCH3 is 2. The van der Waals surface area contributed by atoms with Crippen LogP contribution in [0, 0.1) is 6.92 Å². The van der Waals surface area contributed by atoms with E-state index in [2.05, 4.69) is 0 Å². The monoisotopic (exact) mass is 325 g/mol. The van der Waals surface area contributed by atoms with Crippen LogP contribution in [0.25, 0.3) is 0 Å². The van der Waals surface area contributed by atoms with Crippen LogP contribution in [0.5, 0.6) is 0 Å². The van der Waals surface area contributed by atoms with E-state index < -0.39 is 11.9 Å². The zero-order valence-electron chi connectivity index (χ0n) is 12.5. The number of halogens is 1. The van der Waals surface area contributed by atoms with E-state index in [0.29, 0.717) is 10.7 Å². The van der Waals surface area contributed by atoms with E-state index in [9.17, 15) is 9.59 Å². The van der Waals surface area contributed by atoms with Crippen LogP contribution in [0.15, 0.2) is 29.5 Å². The van der Waals surface area contributed by atoms with E-state index in [1.165, 1.54) is 14.2 Å². The molecule has 1 aliphatic rings. The maximum atomic E-state index is 12.2. The van der Waals surface area contributed by atoms with Crippen LogP contribution < -0.4 is 4.90 Å². The SMILES string of the molecule is COC(=O)C1=C(C(=O)OC)N(c2cc(Cl)ccc2C)COC1. The van der Waals surface area contributed by atoms with E-state index >= 15 is 0 Å². The summed E-state index contributed by atoms with van der Waals surface area (Å²) in [5.74, 6) is -1.27. The lowest BCUT2D eigenvalue weighted by Gasteiger charge is -2.32. The summed E-state index contributed by atoms with van der Waals surface area (Å²) >= 11 is 6.03. The molecule has 0 bridgehead atoms. The van der Waals surface area contributed by atoms with Crippen molar-refractivity contribution in [3.05, 3.63) is 40.1 Å². The van der Waals surface area contributed by atoms with Crippen LogP contribution in [0.4, 0.5) is 5.69 Å². The maximum Gasteiger partial charge on any atom is 0.355 e. The molecule has 2 rings (SSSR count). The van der Waals surface area contributed by atoms with Gasteiger partial charge in [0.25, 0.3) is 0 Å². The molecule has 0 saturated carbocycles. The van der Waals surface area contributed by atoms with E-state index in [1.54, 1.807) is 17.0 Å². The number of esters is 2. The Morgan fingerprint density at radius 2 is 1.91 bits per heavy atom. The number of ether oxygens (including phenoxy) is 3. The number of carbonyl (C=O) groups is 2. The van der Waals surface area contributed by atoms with Crippen LogP contribution in [0.2, 0.25) is 5.02 Å². The van der Waals surface area contributed by atoms with Crippen LogP contribution >= 0.6 is 11.6 Å². The second-order valence-electron chi connectivity index (χ2n) is 4.65. The van der Waals surface area contributed by atoms with E-state index in [4.69, 9.17) is 25.8 Å². The predicted octanol–water partition coefficient (Wildman–Crippen LogP) is 2.04. The first-order valence-electron chi connectivity index (χ1n) is 6.50. The highest BCUT2D eigenvalue weighted by molar-refractivity contribution is 6.30. The van der Waals surface area contributed by atoms with E-state index in [-0.39, 0.29) is 24.6 Å². The van der Waals surface area contributed by atoms with Crippen LogP contribution in [-0.4, -0.2) is 39.5 Å². The molecule has 0 saturated heterocycles. The Morgan fingerprint density at radius 3 is 2.55 bits per heavy atom. The van der Waals surface area contributed by atoms with Gasteiger partial charge >= 0.3 is 11.9 Å². The van der Waals surface area contributed by atoms with Gasteiger partial charge in [0.1, 0.15) is 12.4 Å². The second-order valence-corrected chi connectivity index (χ2v) is 5.08. The van der Waals surface area contributed by atoms with Gasteiger partial charge in [0.05, 0.1) is 26.4 Å². The number of hydrogen-bond donors (Lipinski definition) is 0. The number of nitrogens with zero attached hydrogens (tertiary/aromatic N) is 1. The van der Waals surface area contributed by atoms with Gasteiger partial charge < -0.3 is 19.1 Å². The highest BCUT2D eigenvalue weighted by Crippen LogP contribution is 2.31. The molecule has 1 aromatic rings. The lowest BCUT2D eigenvalue weighted by atomic mass is 10.1. The average molecular weight is 326 g/mol. The Balaban J connectivity index is 2.60. The summed E-state index contributed by atoms with van der Waals surface area (Å²) in [6.45, 7) is 1.95. The molecule has 0 unspecified atom stereocenters. The number of aryl methyl sites for hydroxylation is 1. The Bertz CT molecular complexity index is 641. The van der Waals surface area contributed by atoms with Gasteiger partial charge in [-0.15, -0.1) is 0 Å². The second kappa shape index (κ2) is 6.81. The molecule has 0 amide bonds. The van der Waals surface area contributed by atoms with Gasteiger partial charge in [0, 0.05) is 10.7 Å².